The van der Waals surface area contributed by atoms with Gasteiger partial charge in [0.25, 0.3) is 0 Å². The molecule has 0 aromatic heterocycles. The fourth-order valence-electron chi connectivity index (χ4n) is 1.00. The van der Waals surface area contributed by atoms with Gasteiger partial charge in [-0.25, -0.2) is 0 Å². The van der Waals surface area contributed by atoms with Gasteiger partial charge in [0.2, 0.25) is 0 Å². The van der Waals surface area contributed by atoms with Crippen LogP contribution in [0.25, 0.3) is 0 Å². The van der Waals surface area contributed by atoms with Crippen LogP contribution >= 0.6 is 0 Å². The van der Waals surface area contributed by atoms with Crippen molar-refractivity contribution < 1.29 is 4.79 Å². The van der Waals surface area contributed by atoms with Crippen LogP contribution in [-0.2, 0) is 4.79 Å². The Morgan fingerprint density at radius 3 is 2.38 bits per heavy atom. The third-order valence-electron chi connectivity index (χ3n) is 1.95. The Morgan fingerprint density at radius 2 is 1.92 bits per heavy atom. The number of carbonyl (C=O) groups excluding carboxylic acids is 1. The fourth-order valence-corrected chi connectivity index (χ4v) is 1.00. The van der Waals surface area contributed by atoms with Crippen molar-refractivity contribution in [3.05, 3.63) is 11.8 Å². The van der Waals surface area contributed by atoms with Crippen LogP contribution < -0.4 is 5.32 Å². The molecule has 0 saturated heterocycles. The Morgan fingerprint density at radius 1 is 1.23 bits per heavy atom. The molecule has 0 radical (unpaired) electrons. The van der Waals surface area contributed by atoms with Crippen molar-refractivity contribution in [2.45, 2.75) is 46.5 Å². The first-order chi connectivity index (χ1) is 6.24. The molecule has 13 heavy (non-hydrogen) atoms. The third-order valence-corrected chi connectivity index (χ3v) is 1.95. The minimum atomic E-state index is 0.209. The van der Waals surface area contributed by atoms with Crippen LogP contribution in [0.2, 0.25) is 0 Å². The highest BCUT2D eigenvalue weighted by molar-refractivity contribution is 5.89. The third kappa shape index (κ3) is 6.38. The average molecular weight is 183 g/mol. The molecule has 0 rings (SSSR count). The van der Waals surface area contributed by atoms with Crippen LogP contribution in [0.5, 0.6) is 0 Å². The molecular weight excluding hydrogens is 162 g/mol. The minimum absolute atomic E-state index is 0.209. The van der Waals surface area contributed by atoms with Gasteiger partial charge in [-0.2, -0.15) is 0 Å². The molecule has 0 fully saturated rings. The highest BCUT2D eigenvalue weighted by Gasteiger charge is 1.96. The van der Waals surface area contributed by atoms with E-state index in [1.54, 1.807) is 6.08 Å². The lowest BCUT2D eigenvalue weighted by Gasteiger charge is -2.07. The van der Waals surface area contributed by atoms with Crippen LogP contribution in [0, 0.1) is 0 Å². The molecule has 0 unspecified atom stereocenters. The summed E-state index contributed by atoms with van der Waals surface area (Å²) in [6.45, 7) is 7.09. The maximum Gasteiger partial charge on any atom is 0.157 e. The minimum Gasteiger partial charge on any atom is -0.388 e. The number of rotatable bonds is 7. The molecule has 0 amide bonds. The van der Waals surface area contributed by atoms with E-state index in [1.165, 1.54) is 6.42 Å². The molecule has 0 heterocycles. The van der Waals surface area contributed by atoms with Gasteiger partial charge in [-0.05, 0) is 18.9 Å². The Labute approximate surface area is 81.4 Å². The van der Waals surface area contributed by atoms with E-state index in [0.717, 1.165) is 25.1 Å². The zero-order chi connectivity index (χ0) is 10.1. The van der Waals surface area contributed by atoms with Gasteiger partial charge in [-0.3, -0.25) is 4.79 Å². The van der Waals surface area contributed by atoms with E-state index < -0.39 is 0 Å². The monoisotopic (exact) mass is 183 g/mol. The zero-order valence-electron chi connectivity index (χ0n) is 9.02. The second-order valence-corrected chi connectivity index (χ2v) is 3.12. The normalized spacial score (nSPS) is 11.5. The van der Waals surface area contributed by atoms with Crippen molar-refractivity contribution in [1.29, 1.82) is 0 Å². The highest BCUT2D eigenvalue weighted by atomic mass is 16.1. The Balaban J connectivity index is 3.87. The molecule has 0 aliphatic rings. The van der Waals surface area contributed by atoms with Gasteiger partial charge < -0.3 is 5.32 Å². The predicted octanol–water partition coefficient (Wildman–Crippen LogP) is 2.65. The zero-order valence-corrected chi connectivity index (χ0v) is 9.02. The maximum absolute atomic E-state index is 11.1. The molecule has 0 bridgehead atoms. The quantitative estimate of drug-likeness (QED) is 0.485. The predicted molar refractivity (Wildman–Crippen MR) is 56.6 cm³/mol. The van der Waals surface area contributed by atoms with E-state index in [-0.39, 0.29) is 5.78 Å². The largest absolute Gasteiger partial charge is 0.388 e. The lowest BCUT2D eigenvalue weighted by atomic mass is 10.2. The summed E-state index contributed by atoms with van der Waals surface area (Å²) < 4.78 is 0. The summed E-state index contributed by atoms with van der Waals surface area (Å²) in [7, 11) is 0. The van der Waals surface area contributed by atoms with Gasteiger partial charge in [0, 0.05) is 18.7 Å². The number of nitrogens with one attached hydrogen (secondary N) is 1. The van der Waals surface area contributed by atoms with Crippen molar-refractivity contribution in [3.63, 3.8) is 0 Å². The average Bonchev–Trinajstić information content (AvgIpc) is 2.16. The molecule has 0 saturated carbocycles. The molecule has 0 aromatic rings. The van der Waals surface area contributed by atoms with Crippen molar-refractivity contribution in [3.8, 4) is 0 Å². The van der Waals surface area contributed by atoms with Gasteiger partial charge in [0.1, 0.15) is 0 Å². The standard InChI is InChI=1S/C11H21NO/c1-4-7-8-12-10(5-2)9-11(13)6-3/h9,12H,4-8H2,1-3H3. The lowest BCUT2D eigenvalue weighted by molar-refractivity contribution is -0.114. The summed E-state index contributed by atoms with van der Waals surface area (Å²) >= 11 is 0. The number of allylic oxidation sites excluding steroid dienone is 2. The second-order valence-electron chi connectivity index (χ2n) is 3.12. The summed E-state index contributed by atoms with van der Waals surface area (Å²) in [5.41, 5.74) is 1.07. The van der Waals surface area contributed by atoms with E-state index in [2.05, 4.69) is 19.2 Å². The van der Waals surface area contributed by atoms with Crippen molar-refractivity contribution in [2.24, 2.45) is 0 Å². The summed E-state index contributed by atoms with van der Waals surface area (Å²) in [5.74, 6) is 0.209. The van der Waals surface area contributed by atoms with E-state index in [9.17, 15) is 4.79 Å². The summed E-state index contributed by atoms with van der Waals surface area (Å²) in [6, 6.07) is 0. The van der Waals surface area contributed by atoms with Crippen LogP contribution in [0.4, 0.5) is 0 Å². The maximum atomic E-state index is 11.1. The van der Waals surface area contributed by atoms with Gasteiger partial charge in [-0.1, -0.05) is 27.2 Å². The summed E-state index contributed by atoms with van der Waals surface area (Å²) in [4.78, 5) is 11.1. The van der Waals surface area contributed by atoms with Gasteiger partial charge in [0.05, 0.1) is 0 Å². The van der Waals surface area contributed by atoms with Crippen LogP contribution in [0.1, 0.15) is 46.5 Å². The smallest absolute Gasteiger partial charge is 0.157 e. The van der Waals surface area contributed by atoms with E-state index >= 15 is 0 Å². The Kier molecular flexibility index (Phi) is 7.36. The number of ketones is 1. The van der Waals surface area contributed by atoms with E-state index in [0.29, 0.717) is 6.42 Å². The van der Waals surface area contributed by atoms with Crippen molar-refractivity contribution >= 4 is 5.78 Å². The van der Waals surface area contributed by atoms with Gasteiger partial charge >= 0.3 is 0 Å². The molecule has 0 aromatic carbocycles. The van der Waals surface area contributed by atoms with Crippen LogP contribution in [0.3, 0.4) is 0 Å². The first kappa shape index (κ1) is 12.2. The number of hydrogen-bond acceptors (Lipinski definition) is 2. The van der Waals surface area contributed by atoms with E-state index in [4.69, 9.17) is 0 Å². The van der Waals surface area contributed by atoms with Gasteiger partial charge in [0.15, 0.2) is 5.78 Å². The number of hydrogen-bond donors (Lipinski definition) is 1. The first-order valence-corrected chi connectivity index (χ1v) is 5.21. The Bertz CT molecular complexity index is 173. The number of unbranched alkanes of at least 4 members (excludes halogenated alkanes) is 1. The second kappa shape index (κ2) is 7.84. The van der Waals surface area contributed by atoms with Crippen LogP contribution in [0.15, 0.2) is 11.8 Å². The first-order valence-electron chi connectivity index (χ1n) is 5.21. The van der Waals surface area contributed by atoms with Crippen molar-refractivity contribution in [2.75, 3.05) is 6.54 Å². The highest BCUT2D eigenvalue weighted by Crippen LogP contribution is 1.98. The van der Waals surface area contributed by atoms with Gasteiger partial charge in [-0.15, -0.1) is 0 Å². The molecule has 76 valence electrons. The number of carbonyl (C=O) groups is 1. The fraction of sp³-hybridized carbons (Fsp3) is 0.727. The van der Waals surface area contributed by atoms with Crippen molar-refractivity contribution in [1.82, 2.24) is 5.32 Å². The molecular formula is C11H21NO. The lowest BCUT2D eigenvalue weighted by Crippen LogP contribution is -2.15. The Hall–Kier alpha value is -0.790. The topological polar surface area (TPSA) is 29.1 Å². The molecule has 0 aliphatic heterocycles. The summed E-state index contributed by atoms with van der Waals surface area (Å²) in [5, 5.41) is 3.28. The summed E-state index contributed by atoms with van der Waals surface area (Å²) in [6.07, 6.45) is 5.59. The van der Waals surface area contributed by atoms with Crippen LogP contribution in [-0.4, -0.2) is 12.3 Å². The molecule has 0 aliphatic carbocycles. The molecule has 2 heteroatoms. The molecule has 0 spiro atoms. The molecule has 0 atom stereocenters. The van der Waals surface area contributed by atoms with E-state index in [1.807, 2.05) is 6.92 Å². The molecule has 1 N–H and O–H groups in total. The SMILES string of the molecule is CCCCNC(=CC(=O)CC)CC. The molecule has 2 nitrogen and oxygen atoms in total.